The van der Waals surface area contributed by atoms with E-state index < -0.39 is 21.7 Å². The molecule has 0 atom stereocenters. The third-order valence-electron chi connectivity index (χ3n) is 5.60. The predicted octanol–water partition coefficient (Wildman–Crippen LogP) is 3.28. The minimum Gasteiger partial charge on any atom is -0.493 e. The lowest BCUT2D eigenvalue weighted by atomic mass is 10.1. The van der Waals surface area contributed by atoms with Crippen molar-refractivity contribution in [2.45, 2.75) is 25.8 Å². The van der Waals surface area contributed by atoms with Gasteiger partial charge in [0.2, 0.25) is 10.0 Å². The number of pyridine rings is 2. The molecule has 2 aromatic heterocycles. The number of carbonyl (C=O) groups is 1. The Kier molecular flexibility index (Phi) is 6.82. The molecular formula is C23H27FN4O5S. The molecule has 0 spiro atoms. The molecule has 1 aromatic carbocycles. The Labute approximate surface area is 198 Å². The van der Waals surface area contributed by atoms with Gasteiger partial charge >= 0.3 is 0 Å². The number of fused-ring (bicyclic) bond motifs is 5. The number of nitrogens with one attached hydrogen (secondary N) is 1. The lowest BCUT2D eigenvalue weighted by Crippen LogP contribution is -2.31. The maximum Gasteiger partial charge on any atom is 0.274 e. The number of halogens is 1. The smallest absolute Gasteiger partial charge is 0.274 e. The minimum atomic E-state index is -3.73. The van der Waals surface area contributed by atoms with Gasteiger partial charge in [-0.2, -0.15) is 0 Å². The van der Waals surface area contributed by atoms with E-state index in [-0.39, 0.29) is 31.0 Å². The second kappa shape index (κ2) is 9.80. The van der Waals surface area contributed by atoms with E-state index in [0.29, 0.717) is 48.1 Å². The van der Waals surface area contributed by atoms with Crippen molar-refractivity contribution < 1.29 is 28.5 Å². The lowest BCUT2D eigenvalue weighted by Gasteiger charge is -2.22. The average molecular weight is 491 g/mol. The second-order valence-electron chi connectivity index (χ2n) is 7.84. The molecule has 1 amide bonds. The van der Waals surface area contributed by atoms with Gasteiger partial charge in [-0.1, -0.05) is 6.07 Å². The number of amides is 1. The first-order chi connectivity index (χ1) is 16.3. The quantitative estimate of drug-likeness (QED) is 0.557. The van der Waals surface area contributed by atoms with Gasteiger partial charge in [0.1, 0.15) is 17.1 Å². The number of hydrogen-bond donors (Lipinski definition) is 1. The predicted molar refractivity (Wildman–Crippen MR) is 127 cm³/mol. The van der Waals surface area contributed by atoms with Crippen LogP contribution in [0, 0.1) is 5.82 Å². The molecule has 1 aliphatic heterocycles. The van der Waals surface area contributed by atoms with Crippen LogP contribution >= 0.6 is 0 Å². The Balaban J connectivity index is 0.00000342. The van der Waals surface area contributed by atoms with Gasteiger partial charge in [0.15, 0.2) is 17.3 Å². The van der Waals surface area contributed by atoms with Crippen LogP contribution in [0.4, 0.5) is 10.2 Å². The van der Waals surface area contributed by atoms with E-state index >= 15 is 0 Å². The average Bonchev–Trinajstić information content (AvgIpc) is 2.83. The van der Waals surface area contributed by atoms with Gasteiger partial charge in [0.25, 0.3) is 5.91 Å². The largest absolute Gasteiger partial charge is 0.493 e. The summed E-state index contributed by atoms with van der Waals surface area (Å²) in [7, 11) is -0.926. The van der Waals surface area contributed by atoms with E-state index in [1.165, 1.54) is 32.5 Å². The molecular weight excluding hydrogens is 463 g/mol. The van der Waals surface area contributed by atoms with Gasteiger partial charge in [0, 0.05) is 38.2 Å². The fourth-order valence-corrected chi connectivity index (χ4v) is 5.01. The highest BCUT2D eigenvalue weighted by Crippen LogP contribution is 2.34. The van der Waals surface area contributed by atoms with E-state index in [0.717, 1.165) is 4.31 Å². The Hall–Kier alpha value is -3.47. The molecule has 4 rings (SSSR count). The molecule has 34 heavy (non-hydrogen) atoms. The number of carbonyl (C=O) groups excluding carboxylic acids is 1. The third kappa shape index (κ3) is 4.74. The van der Waals surface area contributed by atoms with Crippen LogP contribution in [-0.2, 0) is 16.6 Å². The van der Waals surface area contributed by atoms with Crippen molar-refractivity contribution in [1.82, 2.24) is 15.3 Å². The van der Waals surface area contributed by atoms with Crippen molar-refractivity contribution in [2.24, 2.45) is 0 Å². The van der Waals surface area contributed by atoms with E-state index in [1.54, 1.807) is 18.2 Å². The highest BCUT2D eigenvalue weighted by molar-refractivity contribution is 7.92. The first-order valence-corrected chi connectivity index (χ1v) is 12.4. The molecule has 0 radical (unpaired) electrons. The lowest BCUT2D eigenvalue weighted by molar-refractivity contribution is 0.0942. The Morgan fingerprint density at radius 3 is 2.85 bits per heavy atom. The Morgan fingerprint density at radius 2 is 2.06 bits per heavy atom. The van der Waals surface area contributed by atoms with Gasteiger partial charge in [-0.15, -0.1) is 0 Å². The fraction of sp³-hybridized carbons (Fsp3) is 0.348. The first-order valence-electron chi connectivity index (χ1n) is 10.8. The van der Waals surface area contributed by atoms with Gasteiger partial charge in [-0.3, -0.25) is 14.1 Å². The van der Waals surface area contributed by atoms with Crippen LogP contribution in [-0.4, -0.2) is 50.8 Å². The fourth-order valence-electron chi connectivity index (χ4n) is 3.77. The zero-order valence-corrected chi connectivity index (χ0v) is 19.7. The maximum atomic E-state index is 13.8. The molecule has 2 bridgehead atoms. The minimum absolute atomic E-state index is 0. The SMILES string of the molecule is COc1c2nc(c3cccnc13)N(C)S(=O)(=O)CCCCCOc1cc(F)ccc1CNC2=O.[HH]. The number of anilines is 1. The summed E-state index contributed by atoms with van der Waals surface area (Å²) >= 11 is 0. The summed E-state index contributed by atoms with van der Waals surface area (Å²) < 4.78 is 52.1. The molecule has 1 N–H and O–H groups in total. The number of rotatable bonds is 1. The summed E-state index contributed by atoms with van der Waals surface area (Å²) in [5.74, 6) is -0.626. The standard InChI is InChI=1S/C23H25FN4O5S.H2/c1-28-22-17-7-6-10-25-19(17)21(32-2)20(27-22)23(29)26-14-15-8-9-16(24)13-18(15)33-11-4-3-5-12-34(28,30)31;/h6-10,13H,3-5,11-12,14H2,1-2H3,(H,26,29);1H. The molecule has 9 nitrogen and oxygen atoms in total. The molecule has 0 saturated heterocycles. The summed E-state index contributed by atoms with van der Waals surface area (Å²) in [5, 5.41) is 3.19. The number of ether oxygens (including phenoxy) is 2. The van der Waals surface area contributed by atoms with Crippen LogP contribution in [0.15, 0.2) is 36.5 Å². The number of sulfonamides is 1. The van der Waals surface area contributed by atoms with Crippen molar-refractivity contribution in [2.75, 3.05) is 30.8 Å². The molecule has 3 heterocycles. The number of aromatic nitrogens is 2. The number of hydrogen-bond acceptors (Lipinski definition) is 7. The maximum absolute atomic E-state index is 13.8. The van der Waals surface area contributed by atoms with Crippen LogP contribution in [0.25, 0.3) is 10.9 Å². The van der Waals surface area contributed by atoms with Gasteiger partial charge in [0.05, 0.1) is 19.5 Å². The van der Waals surface area contributed by atoms with Crippen LogP contribution in [0.3, 0.4) is 0 Å². The van der Waals surface area contributed by atoms with E-state index in [9.17, 15) is 17.6 Å². The van der Waals surface area contributed by atoms with Crippen LogP contribution in [0.2, 0.25) is 0 Å². The van der Waals surface area contributed by atoms with E-state index in [2.05, 4.69) is 15.3 Å². The van der Waals surface area contributed by atoms with Gasteiger partial charge in [-0.05, 0) is 37.5 Å². The van der Waals surface area contributed by atoms with Gasteiger partial charge < -0.3 is 14.8 Å². The highest BCUT2D eigenvalue weighted by Gasteiger charge is 2.27. The Morgan fingerprint density at radius 1 is 1.24 bits per heavy atom. The zero-order valence-electron chi connectivity index (χ0n) is 18.9. The van der Waals surface area contributed by atoms with Crippen molar-refractivity contribution in [1.29, 1.82) is 0 Å². The molecule has 0 aliphatic carbocycles. The third-order valence-corrected chi connectivity index (χ3v) is 7.42. The summed E-state index contributed by atoms with van der Waals surface area (Å²) in [6.07, 6.45) is 3.14. The second-order valence-corrected chi connectivity index (χ2v) is 9.96. The Bertz CT molecular complexity index is 1340. The highest BCUT2D eigenvalue weighted by atomic mass is 32.2. The molecule has 0 saturated carbocycles. The molecule has 11 heteroatoms. The summed E-state index contributed by atoms with van der Waals surface area (Å²) in [4.78, 5) is 21.9. The monoisotopic (exact) mass is 490 g/mol. The summed E-state index contributed by atoms with van der Waals surface area (Å²) in [6, 6.07) is 7.45. The molecule has 182 valence electrons. The number of methoxy groups -OCH3 is 1. The van der Waals surface area contributed by atoms with Crippen molar-refractivity contribution in [3.63, 3.8) is 0 Å². The van der Waals surface area contributed by atoms with E-state index in [1.807, 2.05) is 0 Å². The summed E-state index contributed by atoms with van der Waals surface area (Å²) in [5.41, 5.74) is 0.802. The molecule has 0 unspecified atom stereocenters. The molecule has 1 aliphatic rings. The number of nitrogens with zero attached hydrogens (tertiary/aromatic N) is 3. The first kappa shape index (κ1) is 23.7. The van der Waals surface area contributed by atoms with Crippen molar-refractivity contribution in [3.05, 3.63) is 53.6 Å². The van der Waals surface area contributed by atoms with Crippen molar-refractivity contribution in [3.8, 4) is 11.5 Å². The van der Waals surface area contributed by atoms with Gasteiger partial charge in [-0.25, -0.2) is 17.8 Å². The normalized spacial score (nSPS) is 16.9. The zero-order chi connectivity index (χ0) is 24.3. The number of benzene rings is 1. The van der Waals surface area contributed by atoms with Crippen LogP contribution < -0.4 is 19.1 Å². The topological polar surface area (TPSA) is 111 Å². The van der Waals surface area contributed by atoms with Crippen molar-refractivity contribution >= 4 is 32.7 Å². The van der Waals surface area contributed by atoms with Crippen LogP contribution in [0.1, 0.15) is 36.7 Å². The molecule has 3 aromatic rings. The summed E-state index contributed by atoms with van der Waals surface area (Å²) in [6.45, 7) is 0.341. The van der Waals surface area contributed by atoms with E-state index in [4.69, 9.17) is 9.47 Å². The van der Waals surface area contributed by atoms with Crippen LogP contribution in [0.5, 0.6) is 11.5 Å². The molecule has 0 fully saturated rings.